The van der Waals surface area contributed by atoms with E-state index in [1.54, 1.807) is 36.6 Å². The molecule has 0 bridgehead atoms. The van der Waals surface area contributed by atoms with Gasteiger partial charge in [-0.05, 0) is 34.5 Å². The van der Waals surface area contributed by atoms with E-state index in [0.29, 0.717) is 17.9 Å². The summed E-state index contributed by atoms with van der Waals surface area (Å²) in [5.41, 5.74) is 2.23. The smallest absolute Gasteiger partial charge is 0.315 e. The van der Waals surface area contributed by atoms with Crippen molar-refractivity contribution in [2.24, 2.45) is 0 Å². The Morgan fingerprint density at radius 1 is 1.33 bits per heavy atom. The molecular formula is C12H13N3O2S. The first-order valence-electron chi connectivity index (χ1n) is 5.42. The molecule has 94 valence electrons. The van der Waals surface area contributed by atoms with Gasteiger partial charge in [0.25, 0.3) is 0 Å². The van der Waals surface area contributed by atoms with Gasteiger partial charge in [-0.25, -0.2) is 0 Å². The molecule has 1 aromatic heterocycles. The van der Waals surface area contributed by atoms with Crippen molar-refractivity contribution >= 4 is 28.4 Å². The van der Waals surface area contributed by atoms with Crippen LogP contribution in [0.3, 0.4) is 0 Å². The Bertz CT molecular complexity index is 540. The van der Waals surface area contributed by atoms with Gasteiger partial charge in [0, 0.05) is 13.6 Å². The second-order valence-corrected chi connectivity index (χ2v) is 4.47. The van der Waals surface area contributed by atoms with Gasteiger partial charge in [-0.3, -0.25) is 10.1 Å². The third kappa shape index (κ3) is 2.60. The molecule has 2 N–H and O–H groups in total. The topological polar surface area (TPSA) is 67.2 Å². The van der Waals surface area contributed by atoms with Crippen molar-refractivity contribution in [1.29, 1.82) is 0 Å². The zero-order valence-electron chi connectivity index (χ0n) is 9.84. The minimum Gasteiger partial charge on any atom is -0.382 e. The lowest BCUT2D eigenvalue weighted by molar-refractivity contribution is -0.383. The number of nitro groups is 1. The SMILES string of the molecule is CNc1cccc(NCc2ccsc2)c1[N+](=O)[O-]. The lowest BCUT2D eigenvalue weighted by atomic mass is 10.2. The molecule has 0 atom stereocenters. The predicted octanol–water partition coefficient (Wildman–Crippen LogP) is 3.31. The first-order valence-corrected chi connectivity index (χ1v) is 6.36. The molecule has 0 saturated carbocycles. The molecule has 0 amide bonds. The van der Waals surface area contributed by atoms with E-state index >= 15 is 0 Å². The Labute approximate surface area is 109 Å². The summed E-state index contributed by atoms with van der Waals surface area (Å²) in [5, 5.41) is 21.0. The highest BCUT2D eigenvalue weighted by atomic mass is 32.1. The summed E-state index contributed by atoms with van der Waals surface area (Å²) in [6.45, 7) is 0.581. The van der Waals surface area contributed by atoms with Crippen LogP contribution in [0.5, 0.6) is 0 Å². The first kappa shape index (κ1) is 12.4. The van der Waals surface area contributed by atoms with Crippen molar-refractivity contribution in [2.75, 3.05) is 17.7 Å². The van der Waals surface area contributed by atoms with Gasteiger partial charge in [0.05, 0.1) is 4.92 Å². The highest BCUT2D eigenvalue weighted by Gasteiger charge is 2.18. The van der Waals surface area contributed by atoms with Crippen LogP contribution in [0.25, 0.3) is 0 Å². The third-order valence-electron chi connectivity index (χ3n) is 2.55. The molecule has 18 heavy (non-hydrogen) atoms. The molecule has 5 nitrogen and oxygen atoms in total. The van der Waals surface area contributed by atoms with Crippen LogP contribution in [-0.2, 0) is 6.54 Å². The molecule has 6 heteroatoms. The summed E-state index contributed by atoms with van der Waals surface area (Å²) in [7, 11) is 1.67. The van der Waals surface area contributed by atoms with Crippen LogP contribution >= 0.6 is 11.3 Å². The second kappa shape index (κ2) is 5.50. The van der Waals surface area contributed by atoms with Gasteiger partial charge in [0.1, 0.15) is 11.4 Å². The number of para-hydroxylation sites is 1. The number of nitrogens with one attached hydrogen (secondary N) is 2. The van der Waals surface area contributed by atoms with E-state index in [-0.39, 0.29) is 10.6 Å². The Morgan fingerprint density at radius 3 is 2.72 bits per heavy atom. The lowest BCUT2D eigenvalue weighted by Crippen LogP contribution is -2.04. The zero-order valence-corrected chi connectivity index (χ0v) is 10.7. The fraction of sp³-hybridized carbons (Fsp3) is 0.167. The molecule has 0 spiro atoms. The summed E-state index contributed by atoms with van der Waals surface area (Å²) >= 11 is 1.61. The van der Waals surface area contributed by atoms with E-state index in [9.17, 15) is 10.1 Å². The van der Waals surface area contributed by atoms with E-state index in [2.05, 4.69) is 10.6 Å². The summed E-state index contributed by atoms with van der Waals surface area (Å²) in [5.74, 6) is 0. The molecule has 0 aliphatic carbocycles. The largest absolute Gasteiger partial charge is 0.382 e. The molecule has 0 aliphatic heterocycles. The van der Waals surface area contributed by atoms with Crippen molar-refractivity contribution in [1.82, 2.24) is 0 Å². The van der Waals surface area contributed by atoms with E-state index in [1.807, 2.05) is 16.8 Å². The molecular weight excluding hydrogens is 250 g/mol. The molecule has 2 rings (SSSR count). The number of thiophene rings is 1. The minimum absolute atomic E-state index is 0.0789. The molecule has 2 aromatic rings. The Morgan fingerprint density at radius 2 is 2.11 bits per heavy atom. The fourth-order valence-corrected chi connectivity index (χ4v) is 2.34. The normalized spacial score (nSPS) is 10.1. The maximum Gasteiger partial charge on any atom is 0.315 e. The van der Waals surface area contributed by atoms with Crippen LogP contribution in [0.15, 0.2) is 35.0 Å². The highest BCUT2D eigenvalue weighted by Crippen LogP contribution is 2.32. The number of rotatable bonds is 5. The van der Waals surface area contributed by atoms with Crippen LogP contribution in [0.2, 0.25) is 0 Å². The third-order valence-corrected chi connectivity index (χ3v) is 3.28. The maximum atomic E-state index is 11.1. The van der Waals surface area contributed by atoms with Gasteiger partial charge in [0.2, 0.25) is 0 Å². The predicted molar refractivity (Wildman–Crippen MR) is 74.3 cm³/mol. The zero-order chi connectivity index (χ0) is 13.0. The van der Waals surface area contributed by atoms with Gasteiger partial charge >= 0.3 is 5.69 Å². The van der Waals surface area contributed by atoms with E-state index in [4.69, 9.17) is 0 Å². The molecule has 0 aliphatic rings. The Hall–Kier alpha value is -2.08. The van der Waals surface area contributed by atoms with Gasteiger partial charge in [-0.1, -0.05) is 6.07 Å². The van der Waals surface area contributed by atoms with E-state index in [0.717, 1.165) is 5.56 Å². The van der Waals surface area contributed by atoms with Crippen molar-refractivity contribution < 1.29 is 4.92 Å². The fourth-order valence-electron chi connectivity index (χ4n) is 1.68. The van der Waals surface area contributed by atoms with Crippen LogP contribution in [0.1, 0.15) is 5.56 Å². The van der Waals surface area contributed by atoms with Crippen molar-refractivity contribution in [3.63, 3.8) is 0 Å². The Kier molecular flexibility index (Phi) is 3.78. The number of anilines is 2. The summed E-state index contributed by atoms with van der Waals surface area (Å²) < 4.78 is 0. The van der Waals surface area contributed by atoms with Gasteiger partial charge < -0.3 is 10.6 Å². The number of benzene rings is 1. The highest BCUT2D eigenvalue weighted by molar-refractivity contribution is 7.07. The quantitative estimate of drug-likeness (QED) is 0.641. The van der Waals surface area contributed by atoms with E-state index < -0.39 is 0 Å². The van der Waals surface area contributed by atoms with Crippen LogP contribution in [-0.4, -0.2) is 12.0 Å². The molecule has 0 saturated heterocycles. The summed E-state index contributed by atoms with van der Waals surface area (Å²) in [6.07, 6.45) is 0. The molecule has 0 fully saturated rings. The minimum atomic E-state index is -0.373. The molecule has 1 heterocycles. The average molecular weight is 263 g/mol. The average Bonchev–Trinajstić information content (AvgIpc) is 2.88. The maximum absolute atomic E-state index is 11.1. The number of nitrogens with zero attached hydrogens (tertiary/aromatic N) is 1. The van der Waals surface area contributed by atoms with Crippen LogP contribution in [0, 0.1) is 10.1 Å². The first-order chi connectivity index (χ1) is 8.72. The molecule has 1 aromatic carbocycles. The van der Waals surface area contributed by atoms with Crippen LogP contribution in [0.4, 0.5) is 17.1 Å². The Balaban J connectivity index is 2.24. The summed E-state index contributed by atoms with van der Waals surface area (Å²) in [4.78, 5) is 10.7. The number of hydrogen-bond donors (Lipinski definition) is 2. The monoisotopic (exact) mass is 263 g/mol. The second-order valence-electron chi connectivity index (χ2n) is 3.69. The van der Waals surface area contributed by atoms with Gasteiger partial charge in [-0.15, -0.1) is 0 Å². The number of hydrogen-bond acceptors (Lipinski definition) is 5. The molecule has 0 unspecified atom stereocenters. The standard InChI is InChI=1S/C12H13N3O2S/c1-13-10-3-2-4-11(12(10)15(16)17)14-7-9-5-6-18-8-9/h2-6,8,13-14H,7H2,1H3. The number of nitro benzene ring substituents is 1. The van der Waals surface area contributed by atoms with Gasteiger partial charge in [-0.2, -0.15) is 11.3 Å². The van der Waals surface area contributed by atoms with Crippen molar-refractivity contribution in [3.05, 3.63) is 50.7 Å². The van der Waals surface area contributed by atoms with E-state index in [1.165, 1.54) is 0 Å². The van der Waals surface area contributed by atoms with Crippen molar-refractivity contribution in [2.45, 2.75) is 6.54 Å². The lowest BCUT2D eigenvalue weighted by Gasteiger charge is -2.09. The summed E-state index contributed by atoms with van der Waals surface area (Å²) in [6, 6.07) is 7.18. The molecule has 0 radical (unpaired) electrons. The van der Waals surface area contributed by atoms with Crippen molar-refractivity contribution in [3.8, 4) is 0 Å². The van der Waals surface area contributed by atoms with Crippen LogP contribution < -0.4 is 10.6 Å². The van der Waals surface area contributed by atoms with Gasteiger partial charge in [0.15, 0.2) is 0 Å².